The first-order valence-electron chi connectivity index (χ1n) is 5.35. The topological polar surface area (TPSA) is 29.5 Å². The third-order valence-corrected chi connectivity index (χ3v) is 4.57. The van der Waals surface area contributed by atoms with Gasteiger partial charge in [-0.3, -0.25) is 0 Å². The first kappa shape index (κ1) is 13.7. The molecule has 1 aromatic carbocycles. The van der Waals surface area contributed by atoms with Crippen LogP contribution in [0.2, 0.25) is 0 Å². The summed E-state index contributed by atoms with van der Waals surface area (Å²) in [5, 5.41) is 10.1. The molecule has 6 heteroatoms. The number of fused-ring (bicyclic) bond motifs is 1. The third kappa shape index (κ3) is 2.23. The molecule has 2 rings (SSSR count). The van der Waals surface area contributed by atoms with Crippen LogP contribution in [0.25, 0.3) is 0 Å². The van der Waals surface area contributed by atoms with E-state index in [2.05, 4.69) is 15.9 Å². The van der Waals surface area contributed by atoms with E-state index in [0.29, 0.717) is 0 Å². The van der Waals surface area contributed by atoms with Crippen LogP contribution in [0, 0.1) is 0 Å². The van der Waals surface area contributed by atoms with Crippen molar-refractivity contribution < 1.29 is 23.0 Å². The van der Waals surface area contributed by atoms with E-state index in [1.807, 2.05) is 0 Å². The summed E-state index contributed by atoms with van der Waals surface area (Å²) in [5.41, 5.74) is -1.32. The van der Waals surface area contributed by atoms with Gasteiger partial charge in [0.1, 0.15) is 11.4 Å². The fraction of sp³-hybridized carbons (Fsp3) is 0.500. The Bertz CT molecular complexity index is 471. The van der Waals surface area contributed by atoms with Crippen LogP contribution < -0.4 is 4.74 Å². The molecule has 1 aliphatic rings. The molecule has 1 aromatic rings. The predicted molar refractivity (Wildman–Crippen MR) is 63.8 cm³/mol. The van der Waals surface area contributed by atoms with Gasteiger partial charge in [-0.25, -0.2) is 0 Å². The number of halogens is 4. The Kier molecular flexibility index (Phi) is 3.14. The van der Waals surface area contributed by atoms with Gasteiger partial charge in [0.05, 0.1) is 16.5 Å². The van der Waals surface area contributed by atoms with Crippen LogP contribution in [0.4, 0.5) is 13.2 Å². The summed E-state index contributed by atoms with van der Waals surface area (Å²) in [4.78, 5) is -0.471. The zero-order chi connectivity index (χ0) is 13.7. The molecule has 1 heterocycles. The van der Waals surface area contributed by atoms with Gasteiger partial charge in [0.2, 0.25) is 0 Å². The van der Waals surface area contributed by atoms with Crippen molar-refractivity contribution in [2.45, 2.75) is 36.6 Å². The van der Waals surface area contributed by atoms with E-state index in [9.17, 15) is 18.3 Å². The highest BCUT2D eigenvalue weighted by atomic mass is 79.9. The second kappa shape index (κ2) is 4.13. The maximum absolute atomic E-state index is 12.6. The Morgan fingerprint density at radius 1 is 1.33 bits per heavy atom. The molecule has 18 heavy (non-hydrogen) atoms. The van der Waals surface area contributed by atoms with E-state index in [1.165, 1.54) is 6.07 Å². The van der Waals surface area contributed by atoms with Gasteiger partial charge < -0.3 is 9.84 Å². The van der Waals surface area contributed by atoms with Crippen molar-refractivity contribution in [3.8, 4) is 5.75 Å². The first-order chi connectivity index (χ1) is 8.13. The van der Waals surface area contributed by atoms with Gasteiger partial charge in [0.25, 0.3) is 0 Å². The predicted octanol–water partition coefficient (Wildman–Crippen LogP) is 3.67. The SMILES string of the molecule is CC1(C)Oc2ccc(C(F)(F)F)cc2C(O)C1Br. The number of aliphatic hydroxyl groups excluding tert-OH is 1. The van der Waals surface area contributed by atoms with Crippen molar-refractivity contribution in [2.75, 3.05) is 0 Å². The molecule has 0 spiro atoms. The van der Waals surface area contributed by atoms with E-state index < -0.39 is 28.3 Å². The normalized spacial score (nSPS) is 26.4. The molecule has 0 saturated carbocycles. The minimum Gasteiger partial charge on any atom is -0.486 e. The minimum absolute atomic E-state index is 0.158. The lowest BCUT2D eigenvalue weighted by Gasteiger charge is -2.40. The second-order valence-corrected chi connectivity index (χ2v) is 5.79. The van der Waals surface area contributed by atoms with Crippen LogP contribution in [0.3, 0.4) is 0 Å². The second-order valence-electron chi connectivity index (χ2n) is 4.80. The Hall–Kier alpha value is -0.750. The van der Waals surface area contributed by atoms with E-state index >= 15 is 0 Å². The zero-order valence-corrected chi connectivity index (χ0v) is 11.3. The largest absolute Gasteiger partial charge is 0.486 e. The van der Waals surface area contributed by atoms with Gasteiger partial charge >= 0.3 is 6.18 Å². The minimum atomic E-state index is -4.43. The average molecular weight is 325 g/mol. The fourth-order valence-electron chi connectivity index (χ4n) is 1.93. The van der Waals surface area contributed by atoms with Crippen LogP contribution in [-0.2, 0) is 6.18 Å². The fourth-order valence-corrected chi connectivity index (χ4v) is 2.30. The molecule has 2 nitrogen and oxygen atoms in total. The van der Waals surface area contributed by atoms with Crippen molar-refractivity contribution in [2.24, 2.45) is 0 Å². The number of benzene rings is 1. The van der Waals surface area contributed by atoms with Crippen molar-refractivity contribution in [3.63, 3.8) is 0 Å². The molecule has 0 fully saturated rings. The summed E-state index contributed by atoms with van der Waals surface area (Å²) in [5.74, 6) is 0.288. The third-order valence-electron chi connectivity index (χ3n) is 2.97. The number of hydrogen-bond acceptors (Lipinski definition) is 2. The molecule has 0 bridgehead atoms. The molecule has 0 aromatic heterocycles. The van der Waals surface area contributed by atoms with Crippen LogP contribution >= 0.6 is 15.9 Å². The standard InChI is InChI=1S/C12H12BrF3O2/c1-11(2)10(13)9(17)7-5-6(12(14,15)16)3-4-8(7)18-11/h3-5,9-10,17H,1-2H3. The molecule has 0 aliphatic carbocycles. The lowest BCUT2D eigenvalue weighted by molar-refractivity contribution is -0.137. The first-order valence-corrected chi connectivity index (χ1v) is 6.27. The molecule has 1 aliphatic heterocycles. The van der Waals surface area contributed by atoms with Crippen molar-refractivity contribution >= 4 is 15.9 Å². The molecule has 0 saturated heterocycles. The number of alkyl halides is 4. The molecule has 0 radical (unpaired) electrons. The number of rotatable bonds is 0. The lowest BCUT2D eigenvalue weighted by Crippen LogP contribution is -2.45. The maximum atomic E-state index is 12.6. The molecular formula is C12H12BrF3O2. The Balaban J connectivity index is 2.49. The quantitative estimate of drug-likeness (QED) is 0.738. The summed E-state index contributed by atoms with van der Waals surface area (Å²) in [6.07, 6.45) is -5.46. The van der Waals surface area contributed by atoms with Gasteiger partial charge in [0, 0.05) is 5.56 Å². The number of ether oxygens (including phenoxy) is 1. The molecule has 2 atom stereocenters. The molecule has 100 valence electrons. The molecular weight excluding hydrogens is 313 g/mol. The van der Waals surface area contributed by atoms with Crippen LogP contribution in [-0.4, -0.2) is 15.5 Å². The monoisotopic (exact) mass is 324 g/mol. The van der Waals surface area contributed by atoms with Gasteiger partial charge in [-0.2, -0.15) is 13.2 Å². The zero-order valence-electron chi connectivity index (χ0n) is 9.75. The Morgan fingerprint density at radius 3 is 2.50 bits per heavy atom. The average Bonchev–Trinajstić information content (AvgIpc) is 2.24. The van der Waals surface area contributed by atoms with Crippen LogP contribution in [0.1, 0.15) is 31.1 Å². The van der Waals surface area contributed by atoms with Crippen molar-refractivity contribution in [3.05, 3.63) is 29.3 Å². The van der Waals surface area contributed by atoms with Crippen LogP contribution in [0.15, 0.2) is 18.2 Å². The van der Waals surface area contributed by atoms with Gasteiger partial charge in [-0.15, -0.1) is 0 Å². The maximum Gasteiger partial charge on any atom is 0.416 e. The lowest BCUT2D eigenvalue weighted by atomic mass is 9.90. The Morgan fingerprint density at radius 2 is 1.94 bits per heavy atom. The van der Waals surface area contributed by atoms with Crippen molar-refractivity contribution in [1.29, 1.82) is 0 Å². The van der Waals surface area contributed by atoms with Crippen molar-refractivity contribution in [1.82, 2.24) is 0 Å². The van der Waals surface area contributed by atoms with Gasteiger partial charge in [-0.05, 0) is 32.0 Å². The van der Waals surface area contributed by atoms with E-state index in [1.54, 1.807) is 13.8 Å². The highest BCUT2D eigenvalue weighted by Crippen LogP contribution is 2.45. The van der Waals surface area contributed by atoms with Gasteiger partial charge in [0.15, 0.2) is 0 Å². The summed E-state index contributed by atoms with van der Waals surface area (Å²) < 4.78 is 43.4. The highest BCUT2D eigenvalue weighted by Gasteiger charge is 2.43. The summed E-state index contributed by atoms with van der Waals surface area (Å²) in [7, 11) is 0. The highest BCUT2D eigenvalue weighted by molar-refractivity contribution is 9.09. The van der Waals surface area contributed by atoms with E-state index in [4.69, 9.17) is 4.74 Å². The number of aliphatic hydroxyl groups is 1. The van der Waals surface area contributed by atoms with Crippen LogP contribution in [0.5, 0.6) is 5.75 Å². The molecule has 1 N–H and O–H groups in total. The van der Waals surface area contributed by atoms with Gasteiger partial charge in [-0.1, -0.05) is 15.9 Å². The smallest absolute Gasteiger partial charge is 0.416 e. The Labute approximate surface area is 111 Å². The van der Waals surface area contributed by atoms with E-state index in [-0.39, 0.29) is 11.3 Å². The summed E-state index contributed by atoms with van der Waals surface area (Å²) in [6, 6.07) is 3.14. The summed E-state index contributed by atoms with van der Waals surface area (Å²) >= 11 is 3.26. The summed E-state index contributed by atoms with van der Waals surface area (Å²) in [6.45, 7) is 3.52. The molecule has 2 unspecified atom stereocenters. The number of hydrogen-bond donors (Lipinski definition) is 1. The molecule has 0 amide bonds. The van der Waals surface area contributed by atoms with E-state index in [0.717, 1.165) is 12.1 Å².